The summed E-state index contributed by atoms with van der Waals surface area (Å²) in [6.07, 6.45) is 1.76. The molecule has 0 fully saturated rings. The monoisotopic (exact) mass is 317 g/mol. The third-order valence-corrected chi connectivity index (χ3v) is 3.77. The molecule has 0 aliphatic heterocycles. The molecule has 0 saturated carbocycles. The highest BCUT2D eigenvalue weighted by Gasteiger charge is 2.17. The van der Waals surface area contributed by atoms with Gasteiger partial charge in [0, 0.05) is 35.0 Å². The first-order chi connectivity index (χ1) is 10.9. The van der Waals surface area contributed by atoms with E-state index < -0.39 is 5.97 Å². The lowest BCUT2D eigenvalue weighted by molar-refractivity contribution is -0.140. The van der Waals surface area contributed by atoms with E-state index in [1.807, 2.05) is 0 Å². The molecule has 2 N–H and O–H groups in total. The Morgan fingerprint density at radius 3 is 2.52 bits per heavy atom. The molecule has 1 aromatic heterocycles. The molecular weight excluding hydrogens is 298 g/mol. The Morgan fingerprint density at radius 2 is 1.87 bits per heavy atom. The molecule has 1 heterocycles. The first kappa shape index (κ1) is 16.7. The molecule has 6 heteroatoms. The van der Waals surface area contributed by atoms with Gasteiger partial charge in [0.05, 0.1) is 12.7 Å². The predicted octanol–water partition coefficient (Wildman–Crippen LogP) is 3.09. The number of hydrogen-bond acceptors (Lipinski definition) is 4. The van der Waals surface area contributed by atoms with Gasteiger partial charge >= 0.3 is 11.9 Å². The van der Waals surface area contributed by atoms with E-state index >= 15 is 0 Å². The molecular formula is C17H19NO5. The molecule has 6 nitrogen and oxygen atoms in total. The van der Waals surface area contributed by atoms with Gasteiger partial charge in [0.25, 0.3) is 0 Å². The summed E-state index contributed by atoms with van der Waals surface area (Å²) in [5.74, 6) is -1.37. The fraction of sp³-hybridized carbons (Fsp3) is 0.353. The van der Waals surface area contributed by atoms with Gasteiger partial charge in [0.1, 0.15) is 0 Å². The number of nitrogens with one attached hydrogen (secondary N) is 1. The number of ether oxygens (including phenoxy) is 1. The average Bonchev–Trinajstić information content (AvgIpc) is 2.85. The number of carbonyl (C=O) groups excluding carboxylic acids is 2. The Morgan fingerprint density at radius 1 is 1.17 bits per heavy atom. The van der Waals surface area contributed by atoms with Gasteiger partial charge in [-0.1, -0.05) is 0 Å². The highest BCUT2D eigenvalue weighted by Crippen LogP contribution is 2.25. The van der Waals surface area contributed by atoms with Crippen LogP contribution in [0.5, 0.6) is 0 Å². The quantitative estimate of drug-likeness (QED) is 0.465. The maximum atomic E-state index is 12.5. The van der Waals surface area contributed by atoms with E-state index in [0.717, 1.165) is 11.2 Å². The van der Waals surface area contributed by atoms with Crippen LogP contribution in [0.25, 0.3) is 10.9 Å². The van der Waals surface area contributed by atoms with Crippen LogP contribution < -0.4 is 0 Å². The lowest BCUT2D eigenvalue weighted by Crippen LogP contribution is -2.03. The second-order valence-electron chi connectivity index (χ2n) is 5.40. The second kappa shape index (κ2) is 7.09. The van der Waals surface area contributed by atoms with E-state index in [1.54, 1.807) is 13.0 Å². The van der Waals surface area contributed by atoms with Gasteiger partial charge in [-0.15, -0.1) is 0 Å². The maximum Gasteiger partial charge on any atom is 0.335 e. The summed E-state index contributed by atoms with van der Waals surface area (Å²) in [7, 11) is 1.34. The average molecular weight is 317 g/mol. The summed E-state index contributed by atoms with van der Waals surface area (Å²) in [5.41, 5.74) is 2.14. The first-order valence-electron chi connectivity index (χ1n) is 7.39. The van der Waals surface area contributed by atoms with Crippen molar-refractivity contribution >= 4 is 28.6 Å². The SMILES string of the molecule is COC(=O)CCCCC(=O)c1c(C)[nH]c2ccc(C(=O)O)cc12. The summed E-state index contributed by atoms with van der Waals surface area (Å²) in [6.45, 7) is 1.79. The molecule has 1 aromatic carbocycles. The smallest absolute Gasteiger partial charge is 0.335 e. The third kappa shape index (κ3) is 3.77. The van der Waals surface area contributed by atoms with Crippen LogP contribution in [-0.4, -0.2) is 34.9 Å². The Kier molecular flexibility index (Phi) is 5.16. The van der Waals surface area contributed by atoms with Crippen LogP contribution in [-0.2, 0) is 9.53 Å². The van der Waals surface area contributed by atoms with Gasteiger partial charge in [-0.05, 0) is 38.0 Å². The largest absolute Gasteiger partial charge is 0.478 e. The number of carbonyl (C=O) groups is 3. The molecule has 0 aliphatic carbocycles. The van der Waals surface area contributed by atoms with Crippen molar-refractivity contribution in [1.29, 1.82) is 0 Å². The van der Waals surface area contributed by atoms with Gasteiger partial charge in [0.2, 0.25) is 0 Å². The number of Topliss-reactive ketones (excluding diaryl/α,β-unsaturated/α-hetero) is 1. The minimum Gasteiger partial charge on any atom is -0.478 e. The van der Waals surface area contributed by atoms with Crippen molar-refractivity contribution in [2.45, 2.75) is 32.6 Å². The molecule has 122 valence electrons. The Balaban J connectivity index is 2.16. The van der Waals surface area contributed by atoms with E-state index in [1.165, 1.54) is 19.2 Å². The van der Waals surface area contributed by atoms with Crippen LogP contribution in [0.4, 0.5) is 0 Å². The number of carboxylic acids is 1. The van der Waals surface area contributed by atoms with Crippen molar-refractivity contribution in [1.82, 2.24) is 4.98 Å². The molecule has 0 amide bonds. The molecule has 0 aliphatic rings. The van der Waals surface area contributed by atoms with Crippen LogP contribution in [0.15, 0.2) is 18.2 Å². The fourth-order valence-corrected chi connectivity index (χ4v) is 2.60. The van der Waals surface area contributed by atoms with Crippen LogP contribution in [0.2, 0.25) is 0 Å². The number of ketones is 1. The summed E-state index contributed by atoms with van der Waals surface area (Å²) in [5, 5.41) is 9.72. The number of esters is 1. The van der Waals surface area contributed by atoms with Crippen LogP contribution in [0, 0.1) is 6.92 Å². The van der Waals surface area contributed by atoms with Crippen LogP contribution in [0.3, 0.4) is 0 Å². The molecule has 0 saturated heterocycles. The molecule has 0 bridgehead atoms. The Labute approximate surface area is 133 Å². The van der Waals surface area contributed by atoms with Crippen molar-refractivity contribution < 1.29 is 24.2 Å². The maximum absolute atomic E-state index is 12.5. The van der Waals surface area contributed by atoms with Gasteiger partial charge in [0.15, 0.2) is 5.78 Å². The highest BCUT2D eigenvalue weighted by molar-refractivity contribution is 6.10. The van der Waals surface area contributed by atoms with Crippen molar-refractivity contribution in [3.05, 3.63) is 35.0 Å². The zero-order valence-electron chi connectivity index (χ0n) is 13.1. The van der Waals surface area contributed by atoms with Gasteiger partial charge in [-0.25, -0.2) is 4.79 Å². The molecule has 0 spiro atoms. The molecule has 2 rings (SSSR count). The van der Waals surface area contributed by atoms with E-state index in [-0.39, 0.29) is 17.3 Å². The Hall–Kier alpha value is -2.63. The van der Waals surface area contributed by atoms with E-state index in [9.17, 15) is 14.4 Å². The lowest BCUT2D eigenvalue weighted by Gasteiger charge is -2.02. The molecule has 0 unspecified atom stereocenters. The summed E-state index contributed by atoms with van der Waals surface area (Å²) >= 11 is 0. The normalized spacial score (nSPS) is 10.7. The van der Waals surface area contributed by atoms with Crippen molar-refractivity contribution in [3.63, 3.8) is 0 Å². The number of hydrogen-bond donors (Lipinski definition) is 2. The zero-order valence-corrected chi connectivity index (χ0v) is 13.1. The van der Waals surface area contributed by atoms with Crippen molar-refractivity contribution in [3.8, 4) is 0 Å². The topological polar surface area (TPSA) is 96.5 Å². The summed E-state index contributed by atoms with van der Waals surface area (Å²) in [4.78, 5) is 37.7. The van der Waals surface area contributed by atoms with Crippen molar-refractivity contribution in [2.24, 2.45) is 0 Å². The number of methoxy groups -OCH3 is 1. The van der Waals surface area contributed by atoms with E-state index in [0.29, 0.717) is 36.6 Å². The van der Waals surface area contributed by atoms with Gasteiger partial charge < -0.3 is 14.8 Å². The number of H-pyrrole nitrogens is 1. The number of aryl methyl sites for hydroxylation is 1. The second-order valence-corrected chi connectivity index (χ2v) is 5.40. The summed E-state index contributed by atoms with van der Waals surface area (Å²) < 4.78 is 4.56. The zero-order chi connectivity index (χ0) is 17.0. The van der Waals surface area contributed by atoms with Crippen LogP contribution in [0.1, 0.15) is 52.1 Å². The Bertz CT molecular complexity index is 760. The van der Waals surface area contributed by atoms with Gasteiger partial charge in [-0.2, -0.15) is 0 Å². The number of unbranched alkanes of at least 4 members (excludes halogenated alkanes) is 1. The molecule has 23 heavy (non-hydrogen) atoms. The highest BCUT2D eigenvalue weighted by atomic mass is 16.5. The lowest BCUT2D eigenvalue weighted by atomic mass is 10.0. The van der Waals surface area contributed by atoms with Crippen LogP contribution >= 0.6 is 0 Å². The van der Waals surface area contributed by atoms with Gasteiger partial charge in [-0.3, -0.25) is 9.59 Å². The number of aromatic amines is 1. The fourth-order valence-electron chi connectivity index (χ4n) is 2.60. The number of benzene rings is 1. The third-order valence-electron chi connectivity index (χ3n) is 3.77. The number of fused-ring (bicyclic) bond motifs is 1. The summed E-state index contributed by atoms with van der Waals surface area (Å²) in [6, 6.07) is 4.69. The van der Waals surface area contributed by atoms with Crippen molar-refractivity contribution in [2.75, 3.05) is 7.11 Å². The molecule has 0 atom stereocenters. The van der Waals surface area contributed by atoms with E-state index in [4.69, 9.17) is 5.11 Å². The number of carboxylic acid groups (broad SMARTS) is 1. The first-order valence-corrected chi connectivity index (χ1v) is 7.39. The van der Waals surface area contributed by atoms with E-state index in [2.05, 4.69) is 9.72 Å². The molecule has 2 aromatic rings. The number of aromatic carboxylic acids is 1. The number of rotatable bonds is 7. The predicted molar refractivity (Wildman–Crippen MR) is 84.8 cm³/mol. The standard InChI is InChI=1S/C17H19NO5/c1-10-16(14(19)5-3-4-6-15(20)23-2)12-9-11(17(21)22)7-8-13(12)18-10/h7-9,18H,3-6H2,1-2H3,(H,21,22). The minimum absolute atomic E-state index is 0.0545. The minimum atomic E-state index is -1.03. The molecule has 0 radical (unpaired) electrons. The number of aromatic nitrogens is 1.